The van der Waals surface area contributed by atoms with E-state index in [1.54, 1.807) is 32.0 Å². The standard InChI is InChI=1S/C21H21F3N2O3/c1-12-8-16(9-17(25-12)11-19(27)14-6-7-14)20(28)26-13(2)15-4-3-5-18(10-15)29-21(22,23)24/h3-5,8-10,13-14H,6-7,11H2,1-2H3,(H,26,28). The predicted molar refractivity (Wildman–Crippen MR) is 99.4 cm³/mol. The van der Waals surface area contributed by atoms with Crippen LogP contribution in [-0.4, -0.2) is 23.0 Å². The number of amides is 1. The second-order valence-electron chi connectivity index (χ2n) is 7.22. The first-order valence-electron chi connectivity index (χ1n) is 9.27. The summed E-state index contributed by atoms with van der Waals surface area (Å²) in [4.78, 5) is 29.0. The third-order valence-electron chi connectivity index (χ3n) is 4.60. The molecule has 29 heavy (non-hydrogen) atoms. The molecule has 1 N–H and O–H groups in total. The summed E-state index contributed by atoms with van der Waals surface area (Å²) in [6.07, 6.45) is -2.77. The highest BCUT2D eigenvalue weighted by molar-refractivity contribution is 5.95. The van der Waals surface area contributed by atoms with Crippen LogP contribution >= 0.6 is 0 Å². The Kier molecular flexibility index (Phi) is 5.91. The van der Waals surface area contributed by atoms with Crippen LogP contribution < -0.4 is 10.1 Å². The average Bonchev–Trinajstić information content (AvgIpc) is 3.45. The second kappa shape index (κ2) is 8.23. The van der Waals surface area contributed by atoms with E-state index < -0.39 is 18.3 Å². The number of ether oxygens (including phenoxy) is 1. The Balaban J connectivity index is 1.70. The molecular formula is C21H21F3N2O3. The van der Waals surface area contributed by atoms with Crippen molar-refractivity contribution >= 4 is 11.7 Å². The molecule has 1 aromatic carbocycles. The molecule has 0 saturated heterocycles. The molecule has 1 fully saturated rings. The topological polar surface area (TPSA) is 68.3 Å². The van der Waals surface area contributed by atoms with Crippen LogP contribution in [0.1, 0.15) is 53.1 Å². The van der Waals surface area contributed by atoms with E-state index in [2.05, 4.69) is 15.0 Å². The number of hydrogen-bond acceptors (Lipinski definition) is 4. The molecule has 1 amide bonds. The van der Waals surface area contributed by atoms with Crippen molar-refractivity contribution in [1.82, 2.24) is 10.3 Å². The Labute approximate surface area is 166 Å². The number of ketones is 1. The molecule has 1 aliphatic rings. The van der Waals surface area contributed by atoms with Gasteiger partial charge in [0.1, 0.15) is 11.5 Å². The summed E-state index contributed by atoms with van der Waals surface area (Å²) in [5, 5.41) is 2.76. The summed E-state index contributed by atoms with van der Waals surface area (Å²) in [6.45, 7) is 3.40. The number of carbonyl (C=O) groups excluding carboxylic acids is 2. The lowest BCUT2D eigenvalue weighted by Crippen LogP contribution is -2.27. The first kappa shape index (κ1) is 20.8. The summed E-state index contributed by atoms with van der Waals surface area (Å²) in [5.41, 5.74) is 1.98. The van der Waals surface area contributed by atoms with Gasteiger partial charge in [-0.1, -0.05) is 12.1 Å². The molecule has 3 rings (SSSR count). The number of alkyl halides is 3. The molecule has 0 radical (unpaired) electrons. The van der Waals surface area contributed by atoms with Crippen molar-refractivity contribution in [3.63, 3.8) is 0 Å². The van der Waals surface area contributed by atoms with E-state index >= 15 is 0 Å². The zero-order chi connectivity index (χ0) is 21.2. The van der Waals surface area contributed by atoms with E-state index in [9.17, 15) is 22.8 Å². The minimum Gasteiger partial charge on any atom is -0.406 e. The largest absolute Gasteiger partial charge is 0.573 e. The van der Waals surface area contributed by atoms with Gasteiger partial charge in [-0.2, -0.15) is 0 Å². The Morgan fingerprint density at radius 3 is 2.62 bits per heavy atom. The van der Waals surface area contributed by atoms with Crippen molar-refractivity contribution in [2.24, 2.45) is 5.92 Å². The number of nitrogens with one attached hydrogen (secondary N) is 1. The van der Waals surface area contributed by atoms with E-state index in [4.69, 9.17) is 0 Å². The van der Waals surface area contributed by atoms with Crippen molar-refractivity contribution in [3.8, 4) is 5.75 Å². The maximum atomic E-state index is 12.6. The third-order valence-corrected chi connectivity index (χ3v) is 4.60. The summed E-state index contributed by atoms with van der Waals surface area (Å²) in [6, 6.07) is 8.10. The van der Waals surface area contributed by atoms with E-state index in [1.165, 1.54) is 18.2 Å². The molecule has 154 valence electrons. The molecule has 0 bridgehead atoms. The van der Waals surface area contributed by atoms with Crippen molar-refractivity contribution in [2.45, 2.75) is 45.5 Å². The molecule has 0 aliphatic heterocycles. The van der Waals surface area contributed by atoms with Crippen LogP contribution in [-0.2, 0) is 11.2 Å². The van der Waals surface area contributed by atoms with Gasteiger partial charge < -0.3 is 10.1 Å². The lowest BCUT2D eigenvalue weighted by molar-refractivity contribution is -0.274. The monoisotopic (exact) mass is 406 g/mol. The minimum atomic E-state index is -4.78. The van der Waals surface area contributed by atoms with Crippen molar-refractivity contribution in [3.05, 3.63) is 58.9 Å². The number of nitrogens with zero attached hydrogens (tertiary/aromatic N) is 1. The highest BCUT2D eigenvalue weighted by atomic mass is 19.4. The number of carbonyl (C=O) groups is 2. The van der Waals surface area contributed by atoms with E-state index in [1.807, 2.05) is 0 Å². The average molecular weight is 406 g/mol. The first-order valence-corrected chi connectivity index (χ1v) is 9.27. The molecule has 1 saturated carbocycles. The van der Waals surface area contributed by atoms with Crippen LogP contribution in [0.5, 0.6) is 5.75 Å². The Hall–Kier alpha value is -2.90. The molecule has 5 nitrogen and oxygen atoms in total. The lowest BCUT2D eigenvalue weighted by Gasteiger charge is -2.16. The van der Waals surface area contributed by atoms with Crippen LogP contribution in [0.15, 0.2) is 36.4 Å². The zero-order valence-corrected chi connectivity index (χ0v) is 16.0. The molecule has 8 heteroatoms. The smallest absolute Gasteiger partial charge is 0.406 e. The SMILES string of the molecule is Cc1cc(C(=O)NC(C)c2cccc(OC(F)(F)F)c2)cc(CC(=O)C2CC2)n1. The summed E-state index contributed by atoms with van der Waals surface area (Å²) in [5.74, 6) is -0.507. The van der Waals surface area contributed by atoms with E-state index in [0.29, 0.717) is 22.5 Å². The highest BCUT2D eigenvalue weighted by Crippen LogP contribution is 2.31. The molecule has 1 aliphatic carbocycles. The number of hydrogen-bond donors (Lipinski definition) is 1. The minimum absolute atomic E-state index is 0.112. The van der Waals surface area contributed by atoms with Crippen LogP contribution in [0.25, 0.3) is 0 Å². The van der Waals surface area contributed by atoms with Crippen molar-refractivity contribution in [2.75, 3.05) is 0 Å². The third kappa shape index (κ3) is 6.04. The van der Waals surface area contributed by atoms with Gasteiger partial charge >= 0.3 is 6.36 Å². The quantitative estimate of drug-likeness (QED) is 0.744. The van der Waals surface area contributed by atoms with Crippen LogP contribution in [0.3, 0.4) is 0 Å². The van der Waals surface area contributed by atoms with Crippen LogP contribution in [0.2, 0.25) is 0 Å². The highest BCUT2D eigenvalue weighted by Gasteiger charge is 2.31. The zero-order valence-electron chi connectivity index (χ0n) is 16.0. The molecule has 1 atom stereocenters. The summed E-state index contributed by atoms with van der Waals surface area (Å²) >= 11 is 0. The van der Waals surface area contributed by atoms with Gasteiger partial charge in [0.2, 0.25) is 0 Å². The fourth-order valence-corrected chi connectivity index (χ4v) is 3.03. The van der Waals surface area contributed by atoms with Gasteiger partial charge in [0.25, 0.3) is 5.91 Å². The molecule has 2 aromatic rings. The van der Waals surface area contributed by atoms with Gasteiger partial charge in [-0.05, 0) is 56.5 Å². The Morgan fingerprint density at radius 2 is 1.97 bits per heavy atom. The Morgan fingerprint density at radius 1 is 1.24 bits per heavy atom. The summed E-state index contributed by atoms with van der Waals surface area (Å²) < 4.78 is 41.1. The maximum absolute atomic E-state index is 12.6. The van der Waals surface area contributed by atoms with Crippen molar-refractivity contribution < 1.29 is 27.5 Å². The number of benzene rings is 1. The number of Topliss-reactive ketones (excluding diaryl/α,β-unsaturated/α-hetero) is 1. The number of aryl methyl sites for hydroxylation is 1. The second-order valence-corrected chi connectivity index (χ2v) is 7.22. The maximum Gasteiger partial charge on any atom is 0.573 e. The Bertz CT molecular complexity index is 924. The van der Waals surface area contributed by atoms with Gasteiger partial charge in [0.15, 0.2) is 0 Å². The van der Waals surface area contributed by atoms with Gasteiger partial charge in [-0.3, -0.25) is 14.6 Å². The number of pyridine rings is 1. The first-order chi connectivity index (χ1) is 13.6. The molecule has 1 aromatic heterocycles. The van der Waals surface area contributed by atoms with E-state index in [0.717, 1.165) is 12.8 Å². The summed E-state index contributed by atoms with van der Waals surface area (Å²) in [7, 11) is 0. The molecule has 1 unspecified atom stereocenters. The van der Waals surface area contributed by atoms with Crippen LogP contribution in [0, 0.1) is 12.8 Å². The normalized spacial score (nSPS) is 14.9. The predicted octanol–water partition coefficient (Wildman–Crippen LogP) is 4.30. The van der Waals surface area contributed by atoms with E-state index in [-0.39, 0.29) is 23.9 Å². The van der Waals surface area contributed by atoms with Crippen molar-refractivity contribution in [1.29, 1.82) is 0 Å². The van der Waals surface area contributed by atoms with Gasteiger partial charge in [0.05, 0.1) is 6.04 Å². The molecular weight excluding hydrogens is 385 g/mol. The van der Waals surface area contributed by atoms with Gasteiger partial charge in [-0.15, -0.1) is 13.2 Å². The fraction of sp³-hybridized carbons (Fsp3) is 0.381. The van der Waals surface area contributed by atoms with Gasteiger partial charge in [-0.25, -0.2) is 0 Å². The lowest BCUT2D eigenvalue weighted by atomic mass is 10.1. The van der Waals surface area contributed by atoms with Gasteiger partial charge in [0, 0.05) is 29.3 Å². The number of aromatic nitrogens is 1. The van der Waals surface area contributed by atoms with Crippen LogP contribution in [0.4, 0.5) is 13.2 Å². The fourth-order valence-electron chi connectivity index (χ4n) is 3.03. The number of rotatable bonds is 7. The molecule has 1 heterocycles. The number of halogens is 3. The molecule has 0 spiro atoms.